The van der Waals surface area contributed by atoms with Gasteiger partial charge in [-0.15, -0.1) is 0 Å². The van der Waals surface area contributed by atoms with Crippen molar-refractivity contribution in [3.05, 3.63) is 0 Å². The summed E-state index contributed by atoms with van der Waals surface area (Å²) in [6.07, 6.45) is 9.79. The number of ketones is 1. The number of Topliss-reactive ketones (excluding diaryl/α,β-unsaturated/α-hetero) is 1. The second-order valence-electron chi connectivity index (χ2n) is 6.91. The largest absolute Gasteiger partial charge is 0.479 e. The van der Waals surface area contributed by atoms with Crippen molar-refractivity contribution >= 4 is 11.8 Å². The molecule has 142 valence electrons. The van der Waals surface area contributed by atoms with Crippen molar-refractivity contribution in [2.45, 2.75) is 104 Å². The maximum Gasteiger partial charge on any atom is 0.343 e. The second kappa shape index (κ2) is 13.4. The highest BCUT2D eigenvalue weighted by atomic mass is 16.5. The third kappa shape index (κ3) is 7.78. The van der Waals surface area contributed by atoms with Crippen molar-refractivity contribution in [1.29, 1.82) is 0 Å². The molecule has 0 aromatic carbocycles. The minimum atomic E-state index is -1.64. The Bertz CT molecular complexity index is 354. The summed E-state index contributed by atoms with van der Waals surface area (Å²) in [5.41, 5.74) is -1.64. The number of aliphatic carboxylic acids is 1. The number of rotatable bonds is 16. The molecular formula is C20H38O4. The third-order valence-corrected chi connectivity index (χ3v) is 4.66. The summed E-state index contributed by atoms with van der Waals surface area (Å²) in [6, 6.07) is 0. The first-order valence-corrected chi connectivity index (χ1v) is 9.87. The number of hydrogen-bond acceptors (Lipinski definition) is 3. The third-order valence-electron chi connectivity index (χ3n) is 4.66. The molecule has 0 aromatic rings. The topological polar surface area (TPSA) is 63.6 Å². The lowest BCUT2D eigenvalue weighted by atomic mass is 9.83. The zero-order chi connectivity index (χ0) is 18.4. The van der Waals surface area contributed by atoms with E-state index in [4.69, 9.17) is 4.74 Å². The predicted molar refractivity (Wildman–Crippen MR) is 98.3 cm³/mol. The summed E-state index contributed by atoms with van der Waals surface area (Å²) in [5, 5.41) is 9.79. The molecule has 0 spiro atoms. The van der Waals surface area contributed by atoms with E-state index in [9.17, 15) is 14.7 Å². The minimum absolute atomic E-state index is 0.239. The molecule has 2 unspecified atom stereocenters. The fraction of sp³-hybridized carbons (Fsp3) is 0.900. The average molecular weight is 343 g/mol. The zero-order valence-corrected chi connectivity index (χ0v) is 16.2. The number of carboxylic acids is 1. The van der Waals surface area contributed by atoms with Crippen LogP contribution in [0, 0.1) is 5.92 Å². The van der Waals surface area contributed by atoms with E-state index >= 15 is 0 Å². The number of unbranched alkanes of at least 4 members (excludes halogenated alkanes) is 6. The molecule has 0 fully saturated rings. The van der Waals surface area contributed by atoms with Gasteiger partial charge in [0.2, 0.25) is 5.60 Å². The summed E-state index contributed by atoms with van der Waals surface area (Å²) in [6.45, 7) is 8.44. The number of carbonyl (C=O) groups excluding carboxylic acids is 1. The Labute approximate surface area is 148 Å². The van der Waals surface area contributed by atoms with Crippen molar-refractivity contribution in [2.75, 3.05) is 6.61 Å². The standard InChI is InChI=1S/C20H38O4/c1-5-8-11-12-14-17(4)18(21)20(19(22)23,15-10-7-3)24-16-13-9-6-2/h17H,5-16H2,1-4H3,(H,22,23). The Morgan fingerprint density at radius 3 is 2.04 bits per heavy atom. The molecule has 0 aromatic heterocycles. The molecule has 0 bridgehead atoms. The van der Waals surface area contributed by atoms with Crippen LogP contribution >= 0.6 is 0 Å². The van der Waals surface area contributed by atoms with Gasteiger partial charge < -0.3 is 9.84 Å². The van der Waals surface area contributed by atoms with Crippen LogP contribution in [0.1, 0.15) is 98.3 Å². The second-order valence-corrected chi connectivity index (χ2v) is 6.91. The van der Waals surface area contributed by atoms with Crippen molar-refractivity contribution in [1.82, 2.24) is 0 Å². The van der Waals surface area contributed by atoms with Gasteiger partial charge in [0, 0.05) is 12.5 Å². The van der Waals surface area contributed by atoms with Crippen LogP contribution in [0.5, 0.6) is 0 Å². The van der Waals surface area contributed by atoms with Gasteiger partial charge >= 0.3 is 5.97 Å². The molecule has 0 aliphatic carbocycles. The van der Waals surface area contributed by atoms with Gasteiger partial charge in [0.1, 0.15) is 0 Å². The molecule has 0 saturated carbocycles. The van der Waals surface area contributed by atoms with Crippen LogP contribution in [0.2, 0.25) is 0 Å². The lowest BCUT2D eigenvalue weighted by Gasteiger charge is -2.31. The summed E-state index contributed by atoms with van der Waals surface area (Å²) >= 11 is 0. The summed E-state index contributed by atoms with van der Waals surface area (Å²) in [5.74, 6) is -1.62. The van der Waals surface area contributed by atoms with E-state index in [2.05, 4.69) is 13.8 Å². The van der Waals surface area contributed by atoms with Crippen LogP contribution < -0.4 is 0 Å². The van der Waals surface area contributed by atoms with E-state index in [1.54, 1.807) is 0 Å². The highest BCUT2D eigenvalue weighted by molar-refractivity contribution is 6.07. The van der Waals surface area contributed by atoms with Gasteiger partial charge in [-0.3, -0.25) is 4.79 Å². The quantitative estimate of drug-likeness (QED) is 0.302. The molecule has 2 atom stereocenters. The normalized spacial score (nSPS) is 15.0. The van der Waals surface area contributed by atoms with Gasteiger partial charge in [-0.2, -0.15) is 0 Å². The molecule has 0 saturated heterocycles. The SMILES string of the molecule is CCCCCCC(C)C(=O)C(CCCC)(OCCCCC)C(=O)O. The molecule has 0 aliphatic rings. The molecule has 4 nitrogen and oxygen atoms in total. The predicted octanol–water partition coefficient (Wildman–Crippen LogP) is 5.38. The Hall–Kier alpha value is -0.900. The van der Waals surface area contributed by atoms with Gasteiger partial charge in [0.15, 0.2) is 5.78 Å². The zero-order valence-electron chi connectivity index (χ0n) is 16.2. The van der Waals surface area contributed by atoms with Crippen LogP contribution in [-0.4, -0.2) is 29.1 Å². The molecule has 24 heavy (non-hydrogen) atoms. The van der Waals surface area contributed by atoms with E-state index in [-0.39, 0.29) is 18.1 Å². The van der Waals surface area contributed by atoms with Gasteiger partial charge in [-0.25, -0.2) is 4.79 Å². The highest BCUT2D eigenvalue weighted by Gasteiger charge is 2.48. The monoisotopic (exact) mass is 342 g/mol. The first-order chi connectivity index (χ1) is 11.5. The molecule has 0 aliphatic heterocycles. The van der Waals surface area contributed by atoms with Gasteiger partial charge in [0.25, 0.3) is 0 Å². The molecule has 0 radical (unpaired) electrons. The van der Waals surface area contributed by atoms with E-state index in [0.29, 0.717) is 13.0 Å². The Balaban J connectivity index is 4.96. The number of carboxylic acid groups (broad SMARTS) is 1. The van der Waals surface area contributed by atoms with Crippen LogP contribution in [0.25, 0.3) is 0 Å². The lowest BCUT2D eigenvalue weighted by Crippen LogP contribution is -2.51. The van der Waals surface area contributed by atoms with Crippen molar-refractivity contribution in [3.63, 3.8) is 0 Å². The van der Waals surface area contributed by atoms with Crippen LogP contribution in [0.15, 0.2) is 0 Å². The summed E-state index contributed by atoms with van der Waals surface area (Å²) in [4.78, 5) is 24.9. The van der Waals surface area contributed by atoms with Crippen molar-refractivity contribution in [2.24, 2.45) is 5.92 Å². The van der Waals surface area contributed by atoms with Crippen LogP contribution in [0.3, 0.4) is 0 Å². The smallest absolute Gasteiger partial charge is 0.343 e. The highest BCUT2D eigenvalue weighted by Crippen LogP contribution is 2.28. The first kappa shape index (κ1) is 23.1. The van der Waals surface area contributed by atoms with Crippen LogP contribution in [-0.2, 0) is 14.3 Å². The maximum absolute atomic E-state index is 12.9. The summed E-state index contributed by atoms with van der Waals surface area (Å²) < 4.78 is 5.76. The maximum atomic E-state index is 12.9. The number of ether oxygens (including phenoxy) is 1. The molecule has 1 N–H and O–H groups in total. The molecular weight excluding hydrogens is 304 g/mol. The fourth-order valence-electron chi connectivity index (χ4n) is 2.97. The average Bonchev–Trinajstić information content (AvgIpc) is 2.57. The lowest BCUT2D eigenvalue weighted by molar-refractivity contribution is -0.176. The van der Waals surface area contributed by atoms with E-state index in [1.165, 1.54) is 0 Å². The van der Waals surface area contributed by atoms with Crippen molar-refractivity contribution in [3.8, 4) is 0 Å². The van der Waals surface area contributed by atoms with E-state index in [0.717, 1.165) is 57.8 Å². The van der Waals surface area contributed by atoms with Gasteiger partial charge in [-0.1, -0.05) is 72.6 Å². The fourth-order valence-corrected chi connectivity index (χ4v) is 2.97. The van der Waals surface area contributed by atoms with Gasteiger partial charge in [-0.05, 0) is 25.7 Å². The van der Waals surface area contributed by atoms with Crippen molar-refractivity contribution < 1.29 is 19.4 Å². The Morgan fingerprint density at radius 2 is 1.50 bits per heavy atom. The molecule has 0 heterocycles. The summed E-state index contributed by atoms with van der Waals surface area (Å²) in [7, 11) is 0. The van der Waals surface area contributed by atoms with Crippen LogP contribution in [0.4, 0.5) is 0 Å². The number of hydrogen-bond donors (Lipinski definition) is 1. The first-order valence-electron chi connectivity index (χ1n) is 9.87. The number of carbonyl (C=O) groups is 2. The minimum Gasteiger partial charge on any atom is -0.479 e. The molecule has 0 amide bonds. The Kier molecular flexibility index (Phi) is 12.9. The molecule has 4 heteroatoms. The Morgan fingerprint density at radius 1 is 0.917 bits per heavy atom. The molecule has 0 rings (SSSR count). The van der Waals surface area contributed by atoms with Gasteiger partial charge in [0.05, 0.1) is 0 Å². The van der Waals surface area contributed by atoms with E-state index in [1.807, 2.05) is 13.8 Å². The van der Waals surface area contributed by atoms with E-state index < -0.39 is 11.6 Å².